The van der Waals surface area contributed by atoms with Crippen LogP contribution in [0.1, 0.15) is 12.0 Å². The van der Waals surface area contributed by atoms with Gasteiger partial charge >= 0.3 is 4.87 Å². The van der Waals surface area contributed by atoms with Crippen LogP contribution in [0.25, 0.3) is 10.2 Å². The molecule has 1 aliphatic heterocycles. The van der Waals surface area contributed by atoms with Crippen LogP contribution in [0.2, 0.25) is 0 Å². The minimum absolute atomic E-state index is 0. The Morgan fingerprint density at radius 1 is 1.47 bits per heavy atom. The molecule has 0 radical (unpaired) electrons. The molecule has 6 heteroatoms. The lowest BCUT2D eigenvalue weighted by Crippen LogP contribution is -2.26. The number of aromatic nitrogens is 1. The van der Waals surface area contributed by atoms with Crippen molar-refractivity contribution >= 4 is 34.0 Å². The quantitative estimate of drug-likeness (QED) is 0.915. The van der Waals surface area contributed by atoms with Gasteiger partial charge in [-0.2, -0.15) is 0 Å². The van der Waals surface area contributed by atoms with Crippen LogP contribution >= 0.6 is 23.7 Å². The molecule has 1 atom stereocenters. The Kier molecular flexibility index (Phi) is 4.30. The molecule has 19 heavy (non-hydrogen) atoms. The van der Waals surface area contributed by atoms with Gasteiger partial charge in [0.2, 0.25) is 0 Å². The molecule has 1 saturated heterocycles. The van der Waals surface area contributed by atoms with E-state index in [4.69, 9.17) is 5.73 Å². The second kappa shape index (κ2) is 5.63. The molecular formula is C13H18ClN3OS. The third-order valence-corrected chi connectivity index (χ3v) is 4.57. The fraction of sp³-hybridized carbons (Fsp3) is 0.462. The standard InChI is InChI=1S/C13H17N3OS.ClH/c1-15-11-3-2-9(6-12(11)18-13(15)17)7-16-5-4-10(14)8-16;/h2-3,6,10H,4-5,7-8,14H2,1H3;1H. The molecular weight excluding hydrogens is 282 g/mol. The third-order valence-electron chi connectivity index (χ3n) is 3.57. The Hall–Kier alpha value is -0.880. The number of halogens is 1. The van der Waals surface area contributed by atoms with Gasteiger partial charge in [0.25, 0.3) is 0 Å². The second-order valence-corrected chi connectivity index (χ2v) is 6.01. The second-order valence-electron chi connectivity index (χ2n) is 5.01. The summed E-state index contributed by atoms with van der Waals surface area (Å²) in [4.78, 5) is 14.1. The summed E-state index contributed by atoms with van der Waals surface area (Å²) in [5, 5.41) is 0. The largest absolute Gasteiger partial charge is 0.326 e. The number of hydrogen-bond donors (Lipinski definition) is 1. The predicted molar refractivity (Wildman–Crippen MR) is 82.2 cm³/mol. The fourth-order valence-electron chi connectivity index (χ4n) is 2.54. The summed E-state index contributed by atoms with van der Waals surface area (Å²) in [5.41, 5.74) is 8.19. The van der Waals surface area contributed by atoms with Gasteiger partial charge in [0, 0.05) is 32.7 Å². The normalized spacial score (nSPS) is 19.8. The van der Waals surface area contributed by atoms with E-state index >= 15 is 0 Å². The van der Waals surface area contributed by atoms with Crippen molar-refractivity contribution in [1.82, 2.24) is 9.47 Å². The van der Waals surface area contributed by atoms with Crippen LogP contribution in [0.5, 0.6) is 0 Å². The number of thiazole rings is 1. The van der Waals surface area contributed by atoms with Crippen LogP contribution in [0, 0.1) is 0 Å². The number of hydrogen-bond acceptors (Lipinski definition) is 4. The highest BCUT2D eigenvalue weighted by Crippen LogP contribution is 2.20. The summed E-state index contributed by atoms with van der Waals surface area (Å²) in [6, 6.07) is 6.60. The van der Waals surface area contributed by atoms with Gasteiger partial charge in [-0.3, -0.25) is 9.69 Å². The monoisotopic (exact) mass is 299 g/mol. The van der Waals surface area contributed by atoms with E-state index in [1.54, 1.807) is 4.57 Å². The van der Waals surface area contributed by atoms with Crippen molar-refractivity contribution < 1.29 is 0 Å². The maximum atomic E-state index is 11.6. The van der Waals surface area contributed by atoms with Gasteiger partial charge in [0.15, 0.2) is 0 Å². The number of nitrogens with zero attached hydrogens (tertiary/aromatic N) is 2. The average molecular weight is 300 g/mol. The lowest BCUT2D eigenvalue weighted by molar-refractivity contribution is 0.327. The zero-order chi connectivity index (χ0) is 12.7. The van der Waals surface area contributed by atoms with Crippen molar-refractivity contribution in [2.24, 2.45) is 12.8 Å². The highest BCUT2D eigenvalue weighted by molar-refractivity contribution is 7.16. The summed E-state index contributed by atoms with van der Waals surface area (Å²) in [6.45, 7) is 2.98. The molecule has 0 saturated carbocycles. The summed E-state index contributed by atoms with van der Waals surface area (Å²) in [6.07, 6.45) is 1.08. The number of rotatable bonds is 2. The molecule has 0 aliphatic carbocycles. The first-order chi connectivity index (χ1) is 8.63. The first kappa shape index (κ1) is 14.5. The zero-order valence-electron chi connectivity index (χ0n) is 10.8. The van der Waals surface area contributed by atoms with Crippen LogP contribution in [0.4, 0.5) is 0 Å². The van der Waals surface area contributed by atoms with E-state index in [2.05, 4.69) is 17.0 Å². The molecule has 4 nitrogen and oxygen atoms in total. The number of benzene rings is 1. The van der Waals surface area contributed by atoms with Crippen molar-refractivity contribution in [3.8, 4) is 0 Å². The number of aryl methyl sites for hydroxylation is 1. The summed E-state index contributed by atoms with van der Waals surface area (Å²) in [7, 11) is 1.82. The molecule has 0 spiro atoms. The zero-order valence-corrected chi connectivity index (χ0v) is 12.5. The lowest BCUT2D eigenvalue weighted by atomic mass is 10.2. The molecule has 1 aliphatic rings. The Morgan fingerprint density at radius 2 is 2.26 bits per heavy atom. The molecule has 104 valence electrons. The van der Waals surface area contributed by atoms with Crippen molar-refractivity contribution in [3.05, 3.63) is 33.4 Å². The van der Waals surface area contributed by atoms with E-state index in [1.807, 2.05) is 13.1 Å². The average Bonchev–Trinajstić information content (AvgIpc) is 2.85. The number of nitrogens with two attached hydrogens (primary N) is 1. The molecule has 0 bridgehead atoms. The number of fused-ring (bicyclic) bond motifs is 1. The molecule has 1 fully saturated rings. The highest BCUT2D eigenvalue weighted by Gasteiger charge is 2.19. The predicted octanol–water partition coefficient (Wildman–Crippen LogP) is 1.55. The van der Waals surface area contributed by atoms with Crippen LogP contribution < -0.4 is 10.6 Å². The van der Waals surface area contributed by atoms with Gasteiger partial charge in [-0.1, -0.05) is 17.4 Å². The molecule has 3 rings (SSSR count). The van der Waals surface area contributed by atoms with Gasteiger partial charge in [-0.05, 0) is 24.1 Å². The molecule has 2 N–H and O–H groups in total. The van der Waals surface area contributed by atoms with E-state index in [-0.39, 0.29) is 17.3 Å². The minimum Gasteiger partial charge on any atom is -0.326 e. The molecule has 1 aromatic heterocycles. The summed E-state index contributed by atoms with van der Waals surface area (Å²) < 4.78 is 2.78. The van der Waals surface area contributed by atoms with Crippen molar-refractivity contribution in [2.45, 2.75) is 19.0 Å². The van der Waals surface area contributed by atoms with Gasteiger partial charge in [-0.15, -0.1) is 12.4 Å². The summed E-state index contributed by atoms with van der Waals surface area (Å²) >= 11 is 1.32. The Bertz CT molecular complexity index is 636. The van der Waals surface area contributed by atoms with E-state index in [0.717, 1.165) is 36.3 Å². The van der Waals surface area contributed by atoms with Crippen LogP contribution in [-0.2, 0) is 13.6 Å². The SMILES string of the molecule is Cl.Cn1c(=O)sc2cc(CN3CCC(N)C3)ccc21. The highest BCUT2D eigenvalue weighted by atomic mass is 35.5. The molecule has 1 aromatic carbocycles. The first-order valence-corrected chi connectivity index (χ1v) is 7.01. The minimum atomic E-state index is 0. The summed E-state index contributed by atoms with van der Waals surface area (Å²) in [5.74, 6) is 0. The van der Waals surface area contributed by atoms with E-state index in [0.29, 0.717) is 6.04 Å². The van der Waals surface area contributed by atoms with Crippen molar-refractivity contribution in [2.75, 3.05) is 13.1 Å². The Morgan fingerprint density at radius 3 is 2.95 bits per heavy atom. The van der Waals surface area contributed by atoms with Gasteiger partial charge in [0.1, 0.15) is 0 Å². The van der Waals surface area contributed by atoms with Crippen molar-refractivity contribution in [3.63, 3.8) is 0 Å². The van der Waals surface area contributed by atoms with E-state index in [9.17, 15) is 4.79 Å². The molecule has 2 heterocycles. The maximum Gasteiger partial charge on any atom is 0.307 e. The molecule has 2 aromatic rings. The number of likely N-dealkylation sites (tertiary alicyclic amines) is 1. The van der Waals surface area contributed by atoms with Gasteiger partial charge in [-0.25, -0.2) is 0 Å². The topological polar surface area (TPSA) is 51.3 Å². The smallest absolute Gasteiger partial charge is 0.307 e. The van der Waals surface area contributed by atoms with Gasteiger partial charge in [0.05, 0.1) is 10.2 Å². The Labute approximate surface area is 122 Å². The van der Waals surface area contributed by atoms with E-state index in [1.165, 1.54) is 16.9 Å². The third kappa shape index (κ3) is 2.84. The Balaban J connectivity index is 0.00000133. The lowest BCUT2D eigenvalue weighted by Gasteiger charge is -2.15. The maximum absolute atomic E-state index is 11.6. The van der Waals surface area contributed by atoms with E-state index < -0.39 is 0 Å². The van der Waals surface area contributed by atoms with Gasteiger partial charge < -0.3 is 10.3 Å². The molecule has 0 amide bonds. The van der Waals surface area contributed by atoms with Crippen LogP contribution in [0.15, 0.2) is 23.0 Å². The first-order valence-electron chi connectivity index (χ1n) is 6.20. The fourth-order valence-corrected chi connectivity index (χ4v) is 3.48. The van der Waals surface area contributed by atoms with Crippen LogP contribution in [0.3, 0.4) is 0 Å². The van der Waals surface area contributed by atoms with Crippen molar-refractivity contribution in [1.29, 1.82) is 0 Å². The van der Waals surface area contributed by atoms with Crippen LogP contribution in [-0.4, -0.2) is 28.6 Å². The molecule has 1 unspecified atom stereocenters.